The van der Waals surface area contributed by atoms with Crippen LogP contribution in [0.5, 0.6) is 11.5 Å². The van der Waals surface area contributed by atoms with Crippen molar-refractivity contribution in [2.45, 2.75) is 25.9 Å². The van der Waals surface area contributed by atoms with Crippen molar-refractivity contribution in [3.8, 4) is 17.6 Å². The van der Waals surface area contributed by atoms with Crippen molar-refractivity contribution in [3.63, 3.8) is 0 Å². The van der Waals surface area contributed by atoms with E-state index in [0.717, 1.165) is 30.1 Å². The predicted molar refractivity (Wildman–Crippen MR) is 103 cm³/mol. The number of aromatic nitrogens is 2. The molecule has 1 fully saturated rings. The van der Waals surface area contributed by atoms with Crippen LogP contribution in [0.1, 0.15) is 30.4 Å². The number of nitriles is 1. The number of ether oxygens (including phenoxy) is 2. The summed E-state index contributed by atoms with van der Waals surface area (Å²) < 4.78 is 13.1. The smallest absolute Gasteiger partial charge is 0.149 e. The van der Waals surface area contributed by atoms with Crippen LogP contribution in [0, 0.1) is 11.3 Å². The summed E-state index contributed by atoms with van der Waals surface area (Å²) >= 11 is 0. The normalized spacial score (nSPS) is 14.1. The first-order chi connectivity index (χ1) is 13.3. The third-order valence-electron chi connectivity index (χ3n) is 4.96. The van der Waals surface area contributed by atoms with Crippen LogP contribution in [0.4, 0.5) is 5.69 Å². The monoisotopic (exact) mass is 362 g/mol. The Balaban J connectivity index is 1.65. The highest BCUT2D eigenvalue weighted by Gasteiger charge is 2.17. The fraction of sp³-hybridized carbons (Fsp3) is 0.333. The Morgan fingerprint density at radius 3 is 2.63 bits per heavy atom. The standard InChI is InChI=1S/C21H22N4O2/c1-26-19-7-5-16(6-8-19)15-27-20-11-18(24-9-3-2-4-10-24)14-25-21(20)17(12-22)13-23-25/h5-8,11,13-14H,2-4,9-10,15H2,1H3. The molecular weight excluding hydrogens is 340 g/mol. The lowest BCUT2D eigenvalue weighted by molar-refractivity contribution is 0.308. The van der Waals surface area contributed by atoms with E-state index < -0.39 is 0 Å². The van der Waals surface area contributed by atoms with E-state index in [4.69, 9.17) is 9.47 Å². The molecule has 0 N–H and O–H groups in total. The molecule has 1 aliphatic heterocycles. The van der Waals surface area contributed by atoms with E-state index in [-0.39, 0.29) is 0 Å². The van der Waals surface area contributed by atoms with Crippen LogP contribution >= 0.6 is 0 Å². The van der Waals surface area contributed by atoms with Crippen LogP contribution in [-0.2, 0) is 6.61 Å². The highest BCUT2D eigenvalue weighted by Crippen LogP contribution is 2.31. The molecule has 0 saturated carbocycles. The van der Waals surface area contributed by atoms with Crippen molar-refractivity contribution < 1.29 is 9.47 Å². The van der Waals surface area contributed by atoms with Crippen LogP contribution < -0.4 is 14.4 Å². The van der Waals surface area contributed by atoms with E-state index in [1.807, 2.05) is 36.5 Å². The molecule has 0 aliphatic carbocycles. The Kier molecular flexibility index (Phi) is 4.84. The molecule has 0 unspecified atom stereocenters. The molecule has 0 radical (unpaired) electrons. The van der Waals surface area contributed by atoms with Crippen molar-refractivity contribution in [1.82, 2.24) is 9.61 Å². The molecule has 3 aromatic rings. The maximum atomic E-state index is 9.43. The van der Waals surface area contributed by atoms with Gasteiger partial charge in [-0.05, 0) is 37.0 Å². The molecule has 3 heterocycles. The van der Waals surface area contributed by atoms with Gasteiger partial charge in [0.2, 0.25) is 0 Å². The Morgan fingerprint density at radius 2 is 1.93 bits per heavy atom. The van der Waals surface area contributed by atoms with Crippen LogP contribution in [0.25, 0.3) is 5.52 Å². The molecule has 2 aromatic heterocycles. The molecule has 0 atom stereocenters. The largest absolute Gasteiger partial charge is 0.497 e. The molecule has 27 heavy (non-hydrogen) atoms. The van der Waals surface area contributed by atoms with Crippen LogP contribution in [0.15, 0.2) is 42.7 Å². The number of hydrogen-bond acceptors (Lipinski definition) is 5. The van der Waals surface area contributed by atoms with Gasteiger partial charge in [-0.25, -0.2) is 4.52 Å². The number of rotatable bonds is 5. The number of nitrogens with zero attached hydrogens (tertiary/aromatic N) is 4. The van der Waals surface area contributed by atoms with Gasteiger partial charge in [0.25, 0.3) is 0 Å². The van der Waals surface area contributed by atoms with Gasteiger partial charge in [-0.1, -0.05) is 12.1 Å². The second-order valence-electron chi connectivity index (χ2n) is 6.71. The Hall–Kier alpha value is -3.20. The van der Waals surface area contributed by atoms with Gasteiger partial charge in [-0.2, -0.15) is 10.4 Å². The molecule has 0 bridgehead atoms. The molecule has 0 spiro atoms. The minimum Gasteiger partial charge on any atom is -0.497 e. The zero-order valence-corrected chi connectivity index (χ0v) is 15.4. The van der Waals surface area contributed by atoms with Crippen LogP contribution in [-0.4, -0.2) is 29.8 Å². The average Bonchev–Trinajstić information content (AvgIpc) is 3.16. The molecule has 0 amide bonds. The number of methoxy groups -OCH3 is 1. The number of hydrogen-bond donors (Lipinski definition) is 0. The second kappa shape index (κ2) is 7.58. The summed E-state index contributed by atoms with van der Waals surface area (Å²) in [6, 6.07) is 12.0. The Bertz CT molecular complexity index is 966. The predicted octanol–water partition coefficient (Wildman–Crippen LogP) is 3.78. The minimum atomic E-state index is 0.416. The third-order valence-corrected chi connectivity index (χ3v) is 4.96. The SMILES string of the molecule is COc1ccc(COc2cc(N3CCCCC3)cn3ncc(C#N)c23)cc1. The van der Waals surface area contributed by atoms with Crippen molar-refractivity contribution in [3.05, 3.63) is 53.9 Å². The molecule has 138 valence electrons. The van der Waals surface area contributed by atoms with Gasteiger partial charge in [0.15, 0.2) is 0 Å². The number of fused-ring (bicyclic) bond motifs is 1. The van der Waals surface area contributed by atoms with Gasteiger partial charge < -0.3 is 14.4 Å². The maximum absolute atomic E-state index is 9.43. The van der Waals surface area contributed by atoms with Crippen molar-refractivity contribution in [2.24, 2.45) is 0 Å². The van der Waals surface area contributed by atoms with Crippen molar-refractivity contribution in [1.29, 1.82) is 5.26 Å². The van der Waals surface area contributed by atoms with E-state index in [0.29, 0.717) is 23.4 Å². The van der Waals surface area contributed by atoms with Crippen LogP contribution in [0.3, 0.4) is 0 Å². The van der Waals surface area contributed by atoms with E-state index in [9.17, 15) is 5.26 Å². The lowest BCUT2D eigenvalue weighted by atomic mass is 10.1. The number of anilines is 1. The molecule has 4 rings (SSSR count). The van der Waals surface area contributed by atoms with Gasteiger partial charge in [0.1, 0.15) is 35.3 Å². The molecular formula is C21H22N4O2. The zero-order valence-electron chi connectivity index (χ0n) is 15.4. The second-order valence-corrected chi connectivity index (χ2v) is 6.71. The fourth-order valence-electron chi connectivity index (χ4n) is 3.47. The van der Waals surface area contributed by atoms with E-state index in [2.05, 4.69) is 16.1 Å². The molecule has 1 aromatic carbocycles. The number of pyridine rings is 1. The van der Waals surface area contributed by atoms with Gasteiger partial charge in [-0.15, -0.1) is 0 Å². The molecule has 1 saturated heterocycles. The first-order valence-electron chi connectivity index (χ1n) is 9.20. The first kappa shape index (κ1) is 17.2. The molecule has 6 nitrogen and oxygen atoms in total. The van der Waals surface area contributed by atoms with Crippen LogP contribution in [0.2, 0.25) is 0 Å². The summed E-state index contributed by atoms with van der Waals surface area (Å²) in [5.41, 5.74) is 3.35. The Labute approximate surface area is 158 Å². The molecule has 1 aliphatic rings. The van der Waals surface area contributed by atoms with Gasteiger partial charge in [0.05, 0.1) is 25.2 Å². The summed E-state index contributed by atoms with van der Waals surface area (Å²) in [6.07, 6.45) is 7.25. The summed E-state index contributed by atoms with van der Waals surface area (Å²) in [5, 5.41) is 13.8. The quantitative estimate of drug-likeness (QED) is 0.691. The van der Waals surface area contributed by atoms with E-state index in [1.165, 1.54) is 19.3 Å². The fourth-order valence-corrected chi connectivity index (χ4v) is 3.47. The average molecular weight is 362 g/mol. The lowest BCUT2D eigenvalue weighted by Crippen LogP contribution is -2.29. The minimum absolute atomic E-state index is 0.416. The third kappa shape index (κ3) is 3.54. The topological polar surface area (TPSA) is 62.8 Å². The first-order valence-corrected chi connectivity index (χ1v) is 9.20. The number of benzene rings is 1. The van der Waals surface area contributed by atoms with Gasteiger partial charge in [-0.3, -0.25) is 0 Å². The lowest BCUT2D eigenvalue weighted by Gasteiger charge is -2.29. The summed E-state index contributed by atoms with van der Waals surface area (Å²) in [5.74, 6) is 1.50. The van der Waals surface area contributed by atoms with Gasteiger partial charge in [0, 0.05) is 19.2 Å². The zero-order chi connectivity index (χ0) is 18.6. The highest BCUT2D eigenvalue weighted by atomic mass is 16.5. The highest BCUT2D eigenvalue weighted by molar-refractivity contribution is 5.72. The van der Waals surface area contributed by atoms with Crippen molar-refractivity contribution >= 4 is 11.2 Å². The van der Waals surface area contributed by atoms with Crippen molar-refractivity contribution in [2.75, 3.05) is 25.1 Å². The summed E-state index contributed by atoms with van der Waals surface area (Å²) in [6.45, 7) is 2.49. The maximum Gasteiger partial charge on any atom is 0.149 e. The Morgan fingerprint density at radius 1 is 1.15 bits per heavy atom. The van der Waals surface area contributed by atoms with E-state index >= 15 is 0 Å². The van der Waals surface area contributed by atoms with E-state index in [1.54, 1.807) is 17.8 Å². The summed E-state index contributed by atoms with van der Waals surface area (Å²) in [7, 11) is 1.65. The van der Waals surface area contributed by atoms with Gasteiger partial charge >= 0.3 is 0 Å². The molecule has 6 heteroatoms. The summed E-state index contributed by atoms with van der Waals surface area (Å²) in [4.78, 5) is 2.36. The number of piperidine rings is 1.